The van der Waals surface area contributed by atoms with Crippen molar-refractivity contribution in [1.29, 1.82) is 0 Å². The summed E-state index contributed by atoms with van der Waals surface area (Å²) < 4.78 is 60.6. The average molecular weight is 647 g/mol. The lowest BCUT2D eigenvalue weighted by Gasteiger charge is -2.09. The summed E-state index contributed by atoms with van der Waals surface area (Å²) in [4.78, 5) is 0. The van der Waals surface area contributed by atoms with E-state index >= 15 is 0 Å². The van der Waals surface area contributed by atoms with Gasteiger partial charge in [-0.3, -0.25) is 0 Å². The summed E-state index contributed by atoms with van der Waals surface area (Å²) in [6.45, 7) is 16.1. The third-order valence-corrected chi connectivity index (χ3v) is 6.16. The van der Waals surface area contributed by atoms with E-state index in [1.807, 2.05) is 30.3 Å². The Hall–Kier alpha value is -1.38. The smallest absolute Gasteiger partial charge is 0.119 e. The number of ether oxygens (including phenoxy) is 11. The van der Waals surface area contributed by atoms with Gasteiger partial charge in [-0.1, -0.05) is 51.3 Å². The van der Waals surface area contributed by atoms with Crippen LogP contribution >= 0.6 is 0 Å². The molecule has 0 aliphatic rings. The zero-order valence-corrected chi connectivity index (χ0v) is 28.1. The maximum atomic E-state index is 5.59. The lowest BCUT2D eigenvalue weighted by molar-refractivity contribution is -0.0267. The van der Waals surface area contributed by atoms with Crippen LogP contribution in [-0.2, 0) is 47.4 Å². The molecule has 0 radical (unpaired) electrons. The normalized spacial score (nSPS) is 11.5. The fourth-order valence-corrected chi connectivity index (χ4v) is 3.75. The van der Waals surface area contributed by atoms with Crippen LogP contribution in [0.2, 0.25) is 0 Å². The molecule has 0 bridgehead atoms. The molecule has 1 rings (SSSR count). The standard InChI is InChI=1S/C34H62O11/c1-33(2)9-5-4-8-12-35-13-14-36-15-16-37-17-18-38-19-20-39-21-22-40-23-24-41-25-26-42-27-28-43-29-30-44-31-32-45-34-10-6-3-7-11-34/h3,6-7,10-11,33H,4-5,8-9,12-32H2,1-2H3. The number of rotatable bonds is 37. The van der Waals surface area contributed by atoms with Crippen LogP contribution < -0.4 is 4.74 Å². The van der Waals surface area contributed by atoms with E-state index in [0.29, 0.717) is 132 Å². The summed E-state index contributed by atoms with van der Waals surface area (Å²) in [5.74, 6) is 1.64. The van der Waals surface area contributed by atoms with Crippen molar-refractivity contribution in [3.63, 3.8) is 0 Å². The topological polar surface area (TPSA) is 102 Å². The Morgan fingerprint density at radius 1 is 0.356 bits per heavy atom. The number of hydrogen-bond donors (Lipinski definition) is 0. The van der Waals surface area contributed by atoms with Crippen molar-refractivity contribution in [3.8, 4) is 5.75 Å². The molecule has 0 heterocycles. The molecule has 0 aromatic heterocycles. The molecule has 264 valence electrons. The maximum absolute atomic E-state index is 5.59. The minimum absolute atomic E-state index is 0.520. The van der Waals surface area contributed by atoms with E-state index in [4.69, 9.17) is 52.1 Å². The van der Waals surface area contributed by atoms with E-state index in [1.54, 1.807) is 0 Å². The number of hydrogen-bond acceptors (Lipinski definition) is 11. The van der Waals surface area contributed by atoms with Gasteiger partial charge in [0, 0.05) is 6.61 Å². The van der Waals surface area contributed by atoms with Gasteiger partial charge in [0.1, 0.15) is 12.4 Å². The molecule has 1 aromatic carbocycles. The van der Waals surface area contributed by atoms with Crippen molar-refractivity contribution in [2.24, 2.45) is 5.92 Å². The first kappa shape index (κ1) is 41.6. The summed E-state index contributed by atoms with van der Waals surface area (Å²) in [5, 5.41) is 0. The molecule has 0 fully saturated rings. The molecule has 0 aliphatic heterocycles. The van der Waals surface area contributed by atoms with Crippen molar-refractivity contribution in [1.82, 2.24) is 0 Å². The van der Waals surface area contributed by atoms with Crippen LogP contribution in [0.5, 0.6) is 5.75 Å². The SMILES string of the molecule is CC(C)CCCCCOCCOCCOCCOCCOCCOCCOCCOCCOCCOCCOc1ccccc1. The minimum atomic E-state index is 0.520. The van der Waals surface area contributed by atoms with Gasteiger partial charge in [-0.15, -0.1) is 0 Å². The Morgan fingerprint density at radius 2 is 0.667 bits per heavy atom. The average Bonchev–Trinajstić information content (AvgIpc) is 3.05. The molecule has 0 saturated heterocycles. The highest BCUT2D eigenvalue weighted by molar-refractivity contribution is 5.20. The fourth-order valence-electron chi connectivity index (χ4n) is 3.75. The van der Waals surface area contributed by atoms with Crippen LogP contribution in [0.4, 0.5) is 0 Å². The highest BCUT2D eigenvalue weighted by Crippen LogP contribution is 2.08. The Balaban J connectivity index is 1.61. The van der Waals surface area contributed by atoms with Gasteiger partial charge in [-0.25, -0.2) is 0 Å². The van der Waals surface area contributed by atoms with E-state index in [-0.39, 0.29) is 0 Å². The second-order valence-corrected chi connectivity index (χ2v) is 10.5. The fraction of sp³-hybridized carbons (Fsp3) is 0.824. The monoisotopic (exact) mass is 646 g/mol. The van der Waals surface area contributed by atoms with Crippen molar-refractivity contribution in [3.05, 3.63) is 30.3 Å². The zero-order valence-electron chi connectivity index (χ0n) is 28.1. The van der Waals surface area contributed by atoms with E-state index in [2.05, 4.69) is 13.8 Å². The van der Waals surface area contributed by atoms with Crippen molar-refractivity contribution in [2.45, 2.75) is 39.5 Å². The molecule has 45 heavy (non-hydrogen) atoms. The predicted octanol–water partition coefficient (Wildman–Crippen LogP) is 4.45. The Labute approximate surface area is 272 Å². The summed E-state index contributed by atoms with van der Waals surface area (Å²) in [6, 6.07) is 9.69. The van der Waals surface area contributed by atoms with E-state index < -0.39 is 0 Å². The summed E-state index contributed by atoms with van der Waals surface area (Å²) >= 11 is 0. The van der Waals surface area contributed by atoms with Gasteiger partial charge in [-0.05, 0) is 24.5 Å². The van der Waals surface area contributed by atoms with Crippen LogP contribution in [0.15, 0.2) is 30.3 Å². The van der Waals surface area contributed by atoms with Crippen LogP contribution in [0.1, 0.15) is 39.5 Å². The molecule has 0 amide bonds. The van der Waals surface area contributed by atoms with Crippen LogP contribution in [0.3, 0.4) is 0 Å². The van der Waals surface area contributed by atoms with Crippen LogP contribution in [-0.4, -0.2) is 139 Å². The minimum Gasteiger partial charge on any atom is -0.491 e. The van der Waals surface area contributed by atoms with Crippen molar-refractivity contribution in [2.75, 3.05) is 139 Å². The molecule has 11 heteroatoms. The summed E-state index contributed by atoms with van der Waals surface area (Å²) in [7, 11) is 0. The summed E-state index contributed by atoms with van der Waals surface area (Å²) in [5.41, 5.74) is 0. The van der Waals surface area contributed by atoms with E-state index in [9.17, 15) is 0 Å². The number of benzene rings is 1. The molecule has 0 aliphatic carbocycles. The number of unbranched alkanes of at least 4 members (excludes halogenated alkanes) is 2. The Kier molecular flexibility index (Phi) is 32.8. The van der Waals surface area contributed by atoms with Gasteiger partial charge >= 0.3 is 0 Å². The number of para-hydroxylation sites is 1. The lowest BCUT2D eigenvalue weighted by Crippen LogP contribution is -2.15. The third-order valence-electron chi connectivity index (χ3n) is 6.16. The van der Waals surface area contributed by atoms with Crippen LogP contribution in [0.25, 0.3) is 0 Å². The highest BCUT2D eigenvalue weighted by Gasteiger charge is 1.98. The molecule has 0 atom stereocenters. The van der Waals surface area contributed by atoms with Crippen LogP contribution in [0, 0.1) is 5.92 Å². The van der Waals surface area contributed by atoms with E-state index in [1.165, 1.54) is 19.3 Å². The second-order valence-electron chi connectivity index (χ2n) is 10.5. The molecule has 0 saturated carbocycles. The molecule has 0 N–H and O–H groups in total. The highest BCUT2D eigenvalue weighted by atomic mass is 16.6. The van der Waals surface area contributed by atoms with Gasteiger partial charge in [-0.2, -0.15) is 0 Å². The van der Waals surface area contributed by atoms with Crippen molar-refractivity contribution >= 4 is 0 Å². The summed E-state index contributed by atoms with van der Waals surface area (Å²) in [6.07, 6.45) is 4.97. The Bertz CT molecular complexity index is 681. The maximum Gasteiger partial charge on any atom is 0.119 e. The first-order valence-electron chi connectivity index (χ1n) is 16.7. The molecule has 0 unspecified atom stereocenters. The van der Waals surface area contributed by atoms with Gasteiger partial charge in [0.2, 0.25) is 0 Å². The van der Waals surface area contributed by atoms with Crippen molar-refractivity contribution < 1.29 is 52.1 Å². The molecule has 11 nitrogen and oxygen atoms in total. The van der Waals surface area contributed by atoms with Gasteiger partial charge in [0.25, 0.3) is 0 Å². The lowest BCUT2D eigenvalue weighted by atomic mass is 10.1. The molecule has 0 spiro atoms. The molecule has 1 aromatic rings. The van der Waals surface area contributed by atoms with Gasteiger partial charge in [0.15, 0.2) is 0 Å². The zero-order chi connectivity index (χ0) is 32.1. The third kappa shape index (κ3) is 33.8. The largest absolute Gasteiger partial charge is 0.491 e. The second kappa shape index (κ2) is 35.5. The van der Waals surface area contributed by atoms with Gasteiger partial charge < -0.3 is 52.1 Å². The first-order valence-corrected chi connectivity index (χ1v) is 16.7. The van der Waals surface area contributed by atoms with E-state index in [0.717, 1.165) is 24.7 Å². The quantitative estimate of drug-likeness (QED) is 0.0959. The molecular weight excluding hydrogens is 584 g/mol. The first-order chi connectivity index (χ1) is 22.3. The molecular formula is C34H62O11. The Morgan fingerprint density at radius 3 is 1.00 bits per heavy atom. The predicted molar refractivity (Wildman–Crippen MR) is 173 cm³/mol. The van der Waals surface area contributed by atoms with Gasteiger partial charge in [0.05, 0.1) is 126 Å².